The fourth-order valence-corrected chi connectivity index (χ4v) is 3.55. The number of hydrogen-bond donors (Lipinski definition) is 1. The molecule has 29 heavy (non-hydrogen) atoms. The molecule has 8 nitrogen and oxygen atoms in total. The molecule has 0 bridgehead atoms. The topological polar surface area (TPSA) is 105 Å². The van der Waals surface area contributed by atoms with Gasteiger partial charge in [-0.2, -0.15) is 4.98 Å². The van der Waals surface area contributed by atoms with Crippen LogP contribution in [0.25, 0.3) is 11.4 Å². The van der Waals surface area contributed by atoms with Gasteiger partial charge in [0.1, 0.15) is 6.54 Å². The molecule has 1 amide bonds. The number of amides is 1. The van der Waals surface area contributed by atoms with Gasteiger partial charge in [0, 0.05) is 5.56 Å². The predicted molar refractivity (Wildman–Crippen MR) is 110 cm³/mol. The minimum absolute atomic E-state index is 0.00500. The Kier molecular flexibility index (Phi) is 6.28. The van der Waals surface area contributed by atoms with Crippen LogP contribution in [-0.2, 0) is 27.8 Å². The third kappa shape index (κ3) is 5.41. The third-order valence-electron chi connectivity index (χ3n) is 4.26. The summed E-state index contributed by atoms with van der Waals surface area (Å²) in [5, 5.41) is 6.50. The van der Waals surface area contributed by atoms with Crippen molar-refractivity contribution >= 4 is 21.6 Å². The van der Waals surface area contributed by atoms with Crippen LogP contribution in [0.3, 0.4) is 0 Å². The van der Waals surface area contributed by atoms with Crippen LogP contribution in [0.5, 0.6) is 0 Å². The molecule has 3 aromatic rings. The zero-order chi connectivity index (χ0) is 20.9. The lowest BCUT2D eigenvalue weighted by molar-refractivity contribution is -0.119. The molecule has 1 aromatic heterocycles. The number of benzene rings is 2. The van der Waals surface area contributed by atoms with Crippen LogP contribution in [0.1, 0.15) is 18.4 Å². The number of nitrogens with one attached hydrogen (secondary N) is 1. The number of aromatic nitrogens is 2. The minimum atomic E-state index is -3.63. The Hall–Kier alpha value is -3.20. The highest BCUT2D eigenvalue weighted by Crippen LogP contribution is 2.18. The van der Waals surface area contributed by atoms with Crippen molar-refractivity contribution in [2.75, 3.05) is 17.1 Å². The summed E-state index contributed by atoms with van der Waals surface area (Å²) in [6, 6.07) is 16.4. The van der Waals surface area contributed by atoms with Crippen LogP contribution in [0.2, 0.25) is 0 Å². The van der Waals surface area contributed by atoms with Gasteiger partial charge in [-0.3, -0.25) is 9.10 Å². The number of rotatable bonds is 8. The molecule has 0 aliphatic heterocycles. The number of anilines is 1. The molecule has 0 fully saturated rings. The van der Waals surface area contributed by atoms with E-state index in [-0.39, 0.29) is 19.0 Å². The molecule has 2 aromatic carbocycles. The molecule has 1 N–H and O–H groups in total. The highest BCUT2D eigenvalue weighted by molar-refractivity contribution is 7.92. The molecule has 0 aliphatic carbocycles. The van der Waals surface area contributed by atoms with Crippen LogP contribution in [-0.4, -0.2) is 37.3 Å². The van der Waals surface area contributed by atoms with Crippen molar-refractivity contribution in [1.29, 1.82) is 0 Å². The van der Waals surface area contributed by atoms with Gasteiger partial charge in [-0.1, -0.05) is 54.5 Å². The summed E-state index contributed by atoms with van der Waals surface area (Å²) < 4.78 is 30.5. The summed E-state index contributed by atoms with van der Waals surface area (Å²) in [5.41, 5.74) is 2.31. The van der Waals surface area contributed by atoms with Crippen LogP contribution >= 0.6 is 0 Å². The standard InChI is InChI=1S/C20H22N4O4S/c1-3-15-9-11-17(12-10-15)24(29(2,26)27)14-18(25)21-13-19-22-20(23-28-19)16-7-5-4-6-8-16/h4-12H,3,13-14H2,1-2H3,(H,21,25). The highest BCUT2D eigenvalue weighted by Gasteiger charge is 2.21. The monoisotopic (exact) mass is 414 g/mol. The van der Waals surface area contributed by atoms with Crippen molar-refractivity contribution in [3.8, 4) is 11.4 Å². The fourth-order valence-electron chi connectivity index (χ4n) is 2.69. The summed E-state index contributed by atoms with van der Waals surface area (Å²) in [5.74, 6) is 0.175. The van der Waals surface area contributed by atoms with Crippen molar-refractivity contribution in [3.63, 3.8) is 0 Å². The van der Waals surface area contributed by atoms with Gasteiger partial charge in [0.25, 0.3) is 0 Å². The average Bonchev–Trinajstić information content (AvgIpc) is 3.19. The van der Waals surface area contributed by atoms with Crippen molar-refractivity contribution in [2.45, 2.75) is 19.9 Å². The number of aryl methyl sites for hydroxylation is 1. The first-order chi connectivity index (χ1) is 13.9. The van der Waals surface area contributed by atoms with E-state index in [0.717, 1.165) is 28.1 Å². The molecule has 0 radical (unpaired) electrons. The summed E-state index contributed by atoms with van der Waals surface area (Å²) in [7, 11) is -3.63. The number of carbonyl (C=O) groups excluding carboxylic acids is 1. The minimum Gasteiger partial charge on any atom is -0.345 e. The van der Waals surface area contributed by atoms with E-state index in [2.05, 4.69) is 15.5 Å². The molecule has 0 atom stereocenters. The summed E-state index contributed by atoms with van der Waals surface area (Å²) >= 11 is 0. The van der Waals surface area contributed by atoms with Gasteiger partial charge in [-0.25, -0.2) is 8.42 Å². The maximum Gasteiger partial charge on any atom is 0.246 e. The van der Waals surface area contributed by atoms with E-state index in [1.807, 2.05) is 49.4 Å². The zero-order valence-corrected chi connectivity index (χ0v) is 17.0. The number of sulfonamides is 1. The normalized spacial score (nSPS) is 11.2. The smallest absolute Gasteiger partial charge is 0.246 e. The molecule has 152 valence electrons. The SMILES string of the molecule is CCc1ccc(N(CC(=O)NCc2nc(-c3ccccc3)no2)S(C)(=O)=O)cc1. The lowest BCUT2D eigenvalue weighted by atomic mass is 10.1. The Morgan fingerprint density at radius 1 is 1.10 bits per heavy atom. The quantitative estimate of drug-likeness (QED) is 0.607. The lowest BCUT2D eigenvalue weighted by Crippen LogP contribution is -2.40. The summed E-state index contributed by atoms with van der Waals surface area (Å²) in [6.45, 7) is 1.67. The fraction of sp³-hybridized carbons (Fsp3) is 0.250. The Labute approximate surface area is 169 Å². The molecule has 3 rings (SSSR count). The summed E-state index contributed by atoms with van der Waals surface area (Å²) in [4.78, 5) is 16.6. The van der Waals surface area contributed by atoms with Gasteiger partial charge in [0.05, 0.1) is 18.5 Å². The van der Waals surface area contributed by atoms with E-state index < -0.39 is 15.9 Å². The van der Waals surface area contributed by atoms with Crippen LogP contribution in [0, 0.1) is 0 Å². The first-order valence-corrected chi connectivity index (χ1v) is 10.9. The second kappa shape index (κ2) is 8.87. The summed E-state index contributed by atoms with van der Waals surface area (Å²) in [6.07, 6.45) is 1.91. The number of hydrogen-bond acceptors (Lipinski definition) is 6. The van der Waals surface area contributed by atoms with Crippen molar-refractivity contribution in [1.82, 2.24) is 15.5 Å². The molecule has 0 saturated heterocycles. The van der Waals surface area contributed by atoms with Crippen LogP contribution in [0.15, 0.2) is 59.1 Å². The van der Waals surface area contributed by atoms with Gasteiger partial charge in [0.2, 0.25) is 27.6 Å². The van der Waals surface area contributed by atoms with E-state index >= 15 is 0 Å². The Bertz CT molecular complexity index is 1060. The largest absolute Gasteiger partial charge is 0.345 e. The zero-order valence-electron chi connectivity index (χ0n) is 16.2. The first-order valence-electron chi connectivity index (χ1n) is 9.08. The maximum absolute atomic E-state index is 12.3. The predicted octanol–water partition coefficient (Wildman–Crippen LogP) is 2.38. The van der Waals surface area contributed by atoms with Crippen molar-refractivity contribution < 1.29 is 17.7 Å². The molecule has 9 heteroatoms. The number of carbonyl (C=O) groups is 1. The van der Waals surface area contributed by atoms with E-state index in [4.69, 9.17) is 4.52 Å². The van der Waals surface area contributed by atoms with Crippen molar-refractivity contribution in [2.24, 2.45) is 0 Å². The van der Waals surface area contributed by atoms with Gasteiger partial charge < -0.3 is 9.84 Å². The maximum atomic E-state index is 12.3. The molecule has 0 spiro atoms. The van der Waals surface area contributed by atoms with Crippen molar-refractivity contribution in [3.05, 3.63) is 66.1 Å². The van der Waals surface area contributed by atoms with Gasteiger partial charge in [0.15, 0.2) is 0 Å². The van der Waals surface area contributed by atoms with Crippen LogP contribution < -0.4 is 9.62 Å². The Morgan fingerprint density at radius 3 is 2.41 bits per heavy atom. The Morgan fingerprint density at radius 2 is 1.79 bits per heavy atom. The van der Waals surface area contributed by atoms with Gasteiger partial charge in [-0.15, -0.1) is 0 Å². The third-order valence-corrected chi connectivity index (χ3v) is 5.40. The molecule has 0 unspecified atom stereocenters. The van der Waals surface area contributed by atoms with E-state index in [0.29, 0.717) is 11.5 Å². The molecule has 1 heterocycles. The van der Waals surface area contributed by atoms with Gasteiger partial charge >= 0.3 is 0 Å². The lowest BCUT2D eigenvalue weighted by Gasteiger charge is -2.22. The highest BCUT2D eigenvalue weighted by atomic mass is 32.2. The average molecular weight is 414 g/mol. The van der Waals surface area contributed by atoms with Crippen LogP contribution in [0.4, 0.5) is 5.69 Å². The molecule has 0 saturated carbocycles. The molecular weight excluding hydrogens is 392 g/mol. The Balaban J connectivity index is 1.64. The first kappa shape index (κ1) is 20.5. The van der Waals surface area contributed by atoms with E-state index in [1.165, 1.54) is 0 Å². The number of nitrogens with zero attached hydrogens (tertiary/aromatic N) is 3. The molecular formula is C20H22N4O4S. The van der Waals surface area contributed by atoms with E-state index in [9.17, 15) is 13.2 Å². The second-order valence-corrected chi connectivity index (χ2v) is 8.35. The van der Waals surface area contributed by atoms with E-state index in [1.54, 1.807) is 12.1 Å². The van der Waals surface area contributed by atoms with Gasteiger partial charge in [-0.05, 0) is 24.1 Å². The second-order valence-electron chi connectivity index (χ2n) is 6.44. The molecule has 0 aliphatic rings.